The van der Waals surface area contributed by atoms with Gasteiger partial charge in [0.2, 0.25) is 5.91 Å². The van der Waals surface area contributed by atoms with E-state index in [2.05, 4.69) is 13.8 Å². The summed E-state index contributed by atoms with van der Waals surface area (Å²) < 4.78 is 0. The first-order valence-electron chi connectivity index (χ1n) is 6.45. The molecule has 2 atom stereocenters. The van der Waals surface area contributed by atoms with E-state index in [1.165, 1.54) is 0 Å². The minimum absolute atomic E-state index is 0.108. The molecule has 4 heteroatoms. The Kier molecular flexibility index (Phi) is 4.97. The number of piperidine rings is 1. The van der Waals surface area contributed by atoms with Gasteiger partial charge in [0.1, 0.15) is 0 Å². The van der Waals surface area contributed by atoms with Crippen LogP contribution in [0.1, 0.15) is 46.5 Å². The molecule has 1 fully saturated rings. The smallest absolute Gasteiger partial charge is 0.308 e. The highest BCUT2D eigenvalue weighted by Gasteiger charge is 2.34. The second kappa shape index (κ2) is 6.03. The highest BCUT2D eigenvalue weighted by Crippen LogP contribution is 2.24. The molecule has 17 heavy (non-hydrogen) atoms. The average molecular weight is 241 g/mol. The number of carbonyl (C=O) groups excluding carboxylic acids is 1. The van der Waals surface area contributed by atoms with Crippen LogP contribution in [0, 0.1) is 11.8 Å². The van der Waals surface area contributed by atoms with Gasteiger partial charge in [0, 0.05) is 19.0 Å². The molecule has 1 N–H and O–H groups in total. The molecule has 1 heterocycles. The summed E-state index contributed by atoms with van der Waals surface area (Å²) in [6, 6.07) is -0.166. The molecule has 0 bridgehead atoms. The maximum Gasteiger partial charge on any atom is 0.308 e. The molecule has 1 aliphatic rings. The zero-order chi connectivity index (χ0) is 13.0. The highest BCUT2D eigenvalue weighted by atomic mass is 16.4. The number of rotatable bonds is 4. The van der Waals surface area contributed by atoms with E-state index < -0.39 is 11.9 Å². The number of carboxylic acid groups (broad SMARTS) is 1. The normalized spacial score (nSPS) is 25.1. The van der Waals surface area contributed by atoms with E-state index in [1.54, 1.807) is 4.90 Å². The second-order valence-corrected chi connectivity index (χ2v) is 5.35. The third kappa shape index (κ3) is 3.72. The lowest BCUT2D eigenvalue weighted by atomic mass is 9.90. The van der Waals surface area contributed by atoms with E-state index in [-0.39, 0.29) is 11.9 Å². The van der Waals surface area contributed by atoms with Gasteiger partial charge in [-0.25, -0.2) is 0 Å². The number of likely N-dealkylation sites (tertiary alicyclic amines) is 1. The average Bonchev–Trinajstić information content (AvgIpc) is 2.25. The van der Waals surface area contributed by atoms with Crippen LogP contribution in [0.25, 0.3) is 0 Å². The first-order chi connectivity index (χ1) is 7.93. The molecule has 0 aromatic carbocycles. The Labute approximate surface area is 103 Å². The number of nitrogens with zero attached hydrogens (tertiary/aromatic N) is 1. The van der Waals surface area contributed by atoms with Crippen LogP contribution in [0.2, 0.25) is 0 Å². The quantitative estimate of drug-likeness (QED) is 0.820. The zero-order valence-electron chi connectivity index (χ0n) is 11.0. The van der Waals surface area contributed by atoms with Crippen LogP contribution in [0.4, 0.5) is 0 Å². The van der Waals surface area contributed by atoms with Crippen molar-refractivity contribution in [3.8, 4) is 0 Å². The van der Waals surface area contributed by atoms with Crippen LogP contribution in [-0.4, -0.2) is 34.5 Å². The molecule has 0 saturated carbocycles. The fourth-order valence-corrected chi connectivity index (χ4v) is 2.38. The molecular formula is C13H23NO3. The van der Waals surface area contributed by atoms with Crippen molar-refractivity contribution >= 4 is 11.9 Å². The van der Waals surface area contributed by atoms with Crippen LogP contribution in [0.15, 0.2) is 0 Å². The van der Waals surface area contributed by atoms with Crippen LogP contribution in [-0.2, 0) is 9.59 Å². The van der Waals surface area contributed by atoms with Crippen LogP contribution >= 0.6 is 0 Å². The van der Waals surface area contributed by atoms with E-state index in [0.29, 0.717) is 25.3 Å². The standard InChI is InChI=1S/C13H23NO3/c1-9(2)6-7-12(15)14-8-4-5-11(10(14)3)13(16)17/h9-11H,4-8H2,1-3H3,(H,16,17)/t10-,11-/m0/s1. The van der Waals surface area contributed by atoms with Crippen LogP contribution in [0.3, 0.4) is 0 Å². The van der Waals surface area contributed by atoms with Crippen LogP contribution in [0.5, 0.6) is 0 Å². The van der Waals surface area contributed by atoms with Crippen molar-refractivity contribution in [1.82, 2.24) is 4.90 Å². The van der Waals surface area contributed by atoms with Gasteiger partial charge in [0.15, 0.2) is 0 Å². The summed E-state index contributed by atoms with van der Waals surface area (Å²) in [5.74, 6) is -0.558. The number of carboxylic acids is 1. The van der Waals surface area contributed by atoms with E-state index >= 15 is 0 Å². The van der Waals surface area contributed by atoms with Gasteiger partial charge in [0.05, 0.1) is 5.92 Å². The molecule has 98 valence electrons. The molecule has 1 saturated heterocycles. The number of amides is 1. The first kappa shape index (κ1) is 14.0. The van der Waals surface area contributed by atoms with E-state index in [0.717, 1.165) is 12.8 Å². The van der Waals surface area contributed by atoms with Gasteiger partial charge < -0.3 is 10.0 Å². The van der Waals surface area contributed by atoms with Crippen molar-refractivity contribution < 1.29 is 14.7 Å². The highest BCUT2D eigenvalue weighted by molar-refractivity contribution is 5.78. The van der Waals surface area contributed by atoms with Gasteiger partial charge >= 0.3 is 5.97 Å². The molecule has 0 aromatic heterocycles. The SMILES string of the molecule is CC(C)CCC(=O)N1CCC[C@H](C(=O)O)[C@@H]1C. The molecule has 0 radical (unpaired) electrons. The fourth-order valence-electron chi connectivity index (χ4n) is 2.38. The predicted molar refractivity (Wildman–Crippen MR) is 65.6 cm³/mol. The number of carbonyl (C=O) groups is 2. The van der Waals surface area contributed by atoms with Crippen molar-refractivity contribution in [3.05, 3.63) is 0 Å². The van der Waals surface area contributed by atoms with E-state index in [9.17, 15) is 9.59 Å². The van der Waals surface area contributed by atoms with Crippen molar-refractivity contribution in [2.24, 2.45) is 11.8 Å². The molecule has 1 aliphatic heterocycles. The Morgan fingerprint density at radius 1 is 1.41 bits per heavy atom. The lowest BCUT2D eigenvalue weighted by Crippen LogP contribution is -2.49. The zero-order valence-corrected chi connectivity index (χ0v) is 11.0. The molecule has 1 rings (SSSR count). The Balaban J connectivity index is 2.57. The Bertz CT molecular complexity index is 288. The van der Waals surface area contributed by atoms with Crippen molar-refractivity contribution in [1.29, 1.82) is 0 Å². The second-order valence-electron chi connectivity index (χ2n) is 5.35. The molecule has 4 nitrogen and oxygen atoms in total. The third-order valence-electron chi connectivity index (χ3n) is 3.56. The molecule has 0 aromatic rings. The molecule has 1 amide bonds. The Hall–Kier alpha value is -1.06. The van der Waals surface area contributed by atoms with Gasteiger partial charge in [0.25, 0.3) is 0 Å². The van der Waals surface area contributed by atoms with Crippen molar-refractivity contribution in [2.75, 3.05) is 6.54 Å². The first-order valence-corrected chi connectivity index (χ1v) is 6.45. The summed E-state index contributed by atoms with van der Waals surface area (Å²) in [5, 5.41) is 9.09. The molecular weight excluding hydrogens is 218 g/mol. The summed E-state index contributed by atoms with van der Waals surface area (Å²) in [7, 11) is 0. The third-order valence-corrected chi connectivity index (χ3v) is 3.56. The van der Waals surface area contributed by atoms with Gasteiger partial charge in [-0.05, 0) is 32.1 Å². The maximum atomic E-state index is 12.0. The fraction of sp³-hybridized carbons (Fsp3) is 0.846. The Morgan fingerprint density at radius 3 is 2.59 bits per heavy atom. The lowest BCUT2D eigenvalue weighted by molar-refractivity contribution is -0.149. The lowest BCUT2D eigenvalue weighted by Gasteiger charge is -2.37. The van der Waals surface area contributed by atoms with Gasteiger partial charge in [-0.2, -0.15) is 0 Å². The van der Waals surface area contributed by atoms with Crippen molar-refractivity contribution in [2.45, 2.75) is 52.5 Å². The molecule has 0 aliphatic carbocycles. The monoisotopic (exact) mass is 241 g/mol. The Morgan fingerprint density at radius 2 is 2.06 bits per heavy atom. The molecule has 0 spiro atoms. The van der Waals surface area contributed by atoms with Gasteiger partial charge in [-0.3, -0.25) is 9.59 Å². The summed E-state index contributed by atoms with van der Waals surface area (Å²) in [6.07, 6.45) is 2.90. The minimum atomic E-state index is -0.779. The van der Waals surface area contributed by atoms with Crippen LogP contribution < -0.4 is 0 Å². The van der Waals surface area contributed by atoms with E-state index in [4.69, 9.17) is 5.11 Å². The molecule has 0 unspecified atom stereocenters. The predicted octanol–water partition coefficient (Wildman–Crippen LogP) is 2.13. The largest absolute Gasteiger partial charge is 0.481 e. The maximum absolute atomic E-state index is 12.0. The van der Waals surface area contributed by atoms with Crippen molar-refractivity contribution in [3.63, 3.8) is 0 Å². The van der Waals surface area contributed by atoms with Gasteiger partial charge in [-0.15, -0.1) is 0 Å². The topological polar surface area (TPSA) is 57.6 Å². The summed E-state index contributed by atoms with van der Waals surface area (Å²) >= 11 is 0. The summed E-state index contributed by atoms with van der Waals surface area (Å²) in [6.45, 7) is 6.74. The number of aliphatic carboxylic acids is 1. The minimum Gasteiger partial charge on any atom is -0.481 e. The van der Waals surface area contributed by atoms with Gasteiger partial charge in [-0.1, -0.05) is 13.8 Å². The number of hydrogen-bond donors (Lipinski definition) is 1. The summed E-state index contributed by atoms with van der Waals surface area (Å²) in [5.41, 5.74) is 0. The van der Waals surface area contributed by atoms with E-state index in [1.807, 2.05) is 6.92 Å². The summed E-state index contributed by atoms with van der Waals surface area (Å²) in [4.78, 5) is 24.8. The number of hydrogen-bond acceptors (Lipinski definition) is 2.